The van der Waals surface area contributed by atoms with Crippen LogP contribution in [0.15, 0.2) is 47.4 Å². The smallest absolute Gasteiger partial charge is 0.249 e. The van der Waals surface area contributed by atoms with Crippen LogP contribution < -0.4 is 20.3 Å². The van der Waals surface area contributed by atoms with Crippen LogP contribution in [-0.4, -0.2) is 57.3 Å². The lowest BCUT2D eigenvalue weighted by Crippen LogP contribution is -2.47. The fraction of sp³-hybridized carbons (Fsp3) is 0.417. The Morgan fingerprint density at radius 2 is 1.79 bits per heavy atom. The van der Waals surface area contributed by atoms with Gasteiger partial charge in [-0.2, -0.15) is 4.31 Å². The summed E-state index contributed by atoms with van der Waals surface area (Å²) in [5, 5.41) is 5.87. The summed E-state index contributed by atoms with van der Waals surface area (Å²) in [5.41, 5.74) is 1.58. The molecule has 1 atom stereocenters. The van der Waals surface area contributed by atoms with E-state index in [-0.39, 0.29) is 23.3 Å². The van der Waals surface area contributed by atoms with Gasteiger partial charge in [-0.15, -0.1) is 0 Å². The summed E-state index contributed by atoms with van der Waals surface area (Å²) in [6.07, 6.45) is 3.74. The number of rotatable bonds is 6. The van der Waals surface area contributed by atoms with E-state index in [2.05, 4.69) is 10.6 Å². The van der Waals surface area contributed by atoms with Crippen molar-refractivity contribution in [3.05, 3.63) is 42.5 Å². The second-order valence-electron chi connectivity index (χ2n) is 8.54. The summed E-state index contributed by atoms with van der Waals surface area (Å²) in [4.78, 5) is 27.0. The van der Waals surface area contributed by atoms with Crippen LogP contribution in [0.4, 0.5) is 17.1 Å². The van der Waals surface area contributed by atoms with Gasteiger partial charge in [-0.05, 0) is 50.1 Å². The van der Waals surface area contributed by atoms with Gasteiger partial charge in [-0.1, -0.05) is 25.0 Å². The Bertz CT molecular complexity index is 1180. The molecule has 0 radical (unpaired) electrons. The van der Waals surface area contributed by atoms with Gasteiger partial charge in [-0.25, -0.2) is 8.42 Å². The molecule has 0 aliphatic carbocycles. The topological polar surface area (TPSA) is 108 Å². The highest BCUT2D eigenvalue weighted by Gasteiger charge is 2.31. The molecule has 0 bridgehead atoms. The lowest BCUT2D eigenvalue weighted by atomic mass is 10.1. The van der Waals surface area contributed by atoms with Crippen molar-refractivity contribution in [2.45, 2.75) is 43.5 Å². The summed E-state index contributed by atoms with van der Waals surface area (Å²) in [7, 11) is -2.18. The Hall–Kier alpha value is -3.11. The van der Waals surface area contributed by atoms with Gasteiger partial charge in [0, 0.05) is 13.1 Å². The fourth-order valence-corrected chi connectivity index (χ4v) is 5.89. The molecule has 1 fully saturated rings. The first-order valence-corrected chi connectivity index (χ1v) is 12.9. The quantitative estimate of drug-likeness (QED) is 0.650. The van der Waals surface area contributed by atoms with Crippen LogP contribution >= 0.6 is 0 Å². The van der Waals surface area contributed by atoms with Gasteiger partial charge < -0.3 is 15.4 Å². The number of methoxy groups -OCH3 is 1. The number of hydrogen-bond donors (Lipinski definition) is 2. The normalized spacial score (nSPS) is 17.8. The standard InChI is InChI=1S/C24H30N4O5S/c1-17(24(30)28-16-23(29)26-19-9-5-6-10-21(19)28)25-20-15-18(11-12-22(20)33-2)34(31,32)27-13-7-3-4-8-14-27/h5-6,9-12,15,17,25H,3-4,7-8,13-14,16H2,1-2H3,(H,26,29)/t17-/m1/s1. The first-order valence-electron chi connectivity index (χ1n) is 11.5. The molecule has 34 heavy (non-hydrogen) atoms. The molecule has 2 aliphatic heterocycles. The van der Waals surface area contributed by atoms with Gasteiger partial charge in [0.15, 0.2) is 0 Å². The maximum Gasteiger partial charge on any atom is 0.249 e. The minimum Gasteiger partial charge on any atom is -0.495 e. The highest BCUT2D eigenvalue weighted by molar-refractivity contribution is 7.89. The van der Waals surface area contributed by atoms with Crippen LogP contribution in [0.25, 0.3) is 0 Å². The molecule has 4 rings (SSSR count). The molecule has 182 valence electrons. The van der Waals surface area contributed by atoms with Gasteiger partial charge in [0.05, 0.1) is 29.1 Å². The number of ether oxygens (including phenoxy) is 1. The van der Waals surface area contributed by atoms with E-state index < -0.39 is 16.1 Å². The molecule has 2 N–H and O–H groups in total. The molecule has 9 nitrogen and oxygen atoms in total. The van der Waals surface area contributed by atoms with Crippen LogP contribution in [0.3, 0.4) is 0 Å². The number of anilines is 3. The van der Waals surface area contributed by atoms with Crippen molar-refractivity contribution in [2.75, 3.05) is 42.3 Å². The third kappa shape index (κ3) is 4.88. The highest BCUT2D eigenvalue weighted by atomic mass is 32.2. The number of para-hydroxylation sites is 2. The maximum atomic E-state index is 13.3. The summed E-state index contributed by atoms with van der Waals surface area (Å²) >= 11 is 0. The Kier molecular flexibility index (Phi) is 7.08. The van der Waals surface area contributed by atoms with E-state index >= 15 is 0 Å². The SMILES string of the molecule is COc1ccc(S(=O)(=O)N2CCCCCC2)cc1N[C@H](C)C(=O)N1CC(=O)Nc2ccccc21. The maximum absolute atomic E-state index is 13.3. The average Bonchev–Trinajstić information content (AvgIpc) is 3.13. The zero-order chi connectivity index (χ0) is 24.3. The first-order chi connectivity index (χ1) is 16.3. The molecule has 2 aromatic rings. The number of benzene rings is 2. The molecule has 0 unspecified atom stereocenters. The van der Waals surface area contributed by atoms with Crippen LogP contribution in [0, 0.1) is 0 Å². The van der Waals surface area contributed by atoms with Crippen molar-refractivity contribution in [2.24, 2.45) is 0 Å². The van der Waals surface area contributed by atoms with Crippen LogP contribution in [0.1, 0.15) is 32.6 Å². The van der Waals surface area contributed by atoms with Crippen molar-refractivity contribution >= 4 is 38.9 Å². The Morgan fingerprint density at radius 1 is 1.09 bits per heavy atom. The van der Waals surface area contributed by atoms with Crippen LogP contribution in [0.5, 0.6) is 5.75 Å². The molecule has 2 heterocycles. The first kappa shape index (κ1) is 24.0. The molecule has 0 spiro atoms. The predicted molar refractivity (Wildman–Crippen MR) is 131 cm³/mol. The van der Waals surface area contributed by atoms with Crippen molar-refractivity contribution in [1.29, 1.82) is 0 Å². The number of nitrogens with zero attached hydrogens (tertiary/aromatic N) is 2. The molecule has 2 amide bonds. The van der Waals surface area contributed by atoms with E-state index in [1.165, 1.54) is 28.4 Å². The minimum atomic E-state index is -3.67. The van der Waals surface area contributed by atoms with Gasteiger partial charge >= 0.3 is 0 Å². The second-order valence-corrected chi connectivity index (χ2v) is 10.5. The van der Waals surface area contributed by atoms with Crippen molar-refractivity contribution in [3.63, 3.8) is 0 Å². The number of nitrogens with one attached hydrogen (secondary N) is 2. The number of hydrogen-bond acceptors (Lipinski definition) is 6. The molecule has 0 saturated carbocycles. The molecular weight excluding hydrogens is 456 g/mol. The molecule has 0 aromatic heterocycles. The van der Waals surface area contributed by atoms with Gasteiger partial charge in [0.1, 0.15) is 18.3 Å². The van der Waals surface area contributed by atoms with Crippen molar-refractivity contribution < 1.29 is 22.7 Å². The van der Waals surface area contributed by atoms with E-state index in [1.54, 1.807) is 37.3 Å². The predicted octanol–water partition coefficient (Wildman–Crippen LogP) is 3.05. The summed E-state index contributed by atoms with van der Waals surface area (Å²) in [5.74, 6) is -0.168. The lowest BCUT2D eigenvalue weighted by molar-refractivity contribution is -0.122. The van der Waals surface area contributed by atoms with Gasteiger partial charge in [-0.3, -0.25) is 14.5 Å². The highest BCUT2D eigenvalue weighted by Crippen LogP contribution is 2.32. The zero-order valence-electron chi connectivity index (χ0n) is 19.4. The molecule has 2 aliphatic rings. The van der Waals surface area contributed by atoms with Crippen molar-refractivity contribution in [3.8, 4) is 5.75 Å². The Balaban J connectivity index is 1.58. The number of carbonyl (C=O) groups excluding carboxylic acids is 2. The van der Waals surface area contributed by atoms with E-state index in [0.717, 1.165) is 25.7 Å². The number of sulfonamides is 1. The summed E-state index contributed by atoms with van der Waals surface area (Å²) in [6.45, 7) is 2.58. The monoisotopic (exact) mass is 486 g/mol. The van der Waals surface area contributed by atoms with Crippen molar-refractivity contribution in [1.82, 2.24) is 4.31 Å². The third-order valence-electron chi connectivity index (χ3n) is 6.15. The Labute approximate surface area is 200 Å². The van der Waals surface area contributed by atoms with E-state index in [1.807, 2.05) is 0 Å². The molecule has 1 saturated heterocycles. The molecule has 10 heteroatoms. The third-order valence-corrected chi connectivity index (χ3v) is 8.05. The molecule has 2 aromatic carbocycles. The van der Waals surface area contributed by atoms with Crippen LogP contribution in [-0.2, 0) is 19.6 Å². The number of fused-ring (bicyclic) bond motifs is 1. The fourth-order valence-electron chi connectivity index (χ4n) is 4.35. The van der Waals surface area contributed by atoms with Crippen LogP contribution in [0.2, 0.25) is 0 Å². The van der Waals surface area contributed by atoms with Gasteiger partial charge in [0.2, 0.25) is 21.8 Å². The van der Waals surface area contributed by atoms with E-state index in [9.17, 15) is 18.0 Å². The van der Waals surface area contributed by atoms with E-state index in [4.69, 9.17) is 4.74 Å². The number of carbonyl (C=O) groups is 2. The lowest BCUT2D eigenvalue weighted by Gasteiger charge is -2.31. The summed E-state index contributed by atoms with van der Waals surface area (Å²) in [6, 6.07) is 11.0. The molecular formula is C24H30N4O5S. The van der Waals surface area contributed by atoms with E-state index in [0.29, 0.717) is 35.9 Å². The summed E-state index contributed by atoms with van der Waals surface area (Å²) < 4.78 is 33.5. The average molecular weight is 487 g/mol. The van der Waals surface area contributed by atoms with Gasteiger partial charge in [0.25, 0.3) is 0 Å². The zero-order valence-corrected chi connectivity index (χ0v) is 20.2. The second kappa shape index (κ2) is 10.0. The Morgan fingerprint density at radius 3 is 2.50 bits per heavy atom. The largest absolute Gasteiger partial charge is 0.495 e. The number of amides is 2. The minimum absolute atomic E-state index is 0.0949.